The van der Waals surface area contributed by atoms with Gasteiger partial charge >= 0.3 is 6.18 Å². The van der Waals surface area contributed by atoms with Crippen molar-refractivity contribution in [2.45, 2.75) is 37.1 Å². The second kappa shape index (κ2) is 8.14. The zero-order chi connectivity index (χ0) is 23.2. The number of benzene rings is 2. The van der Waals surface area contributed by atoms with E-state index in [-0.39, 0.29) is 17.5 Å². The van der Waals surface area contributed by atoms with Crippen LogP contribution in [0.25, 0.3) is 11.3 Å². The van der Waals surface area contributed by atoms with Crippen molar-refractivity contribution in [2.24, 2.45) is 11.0 Å². The SMILES string of the molecule is COc1ccc(-c2csc(N3N=C4CC[C@H](c5ccccc5)C[C@H]4[C@]3(O)C(F)(F)F)n2)cc1. The van der Waals surface area contributed by atoms with E-state index in [2.05, 4.69) is 10.1 Å². The van der Waals surface area contributed by atoms with Crippen molar-refractivity contribution < 1.29 is 23.0 Å². The van der Waals surface area contributed by atoms with Crippen LogP contribution in [0.5, 0.6) is 5.75 Å². The fraction of sp³-hybridized carbons (Fsp3) is 0.333. The number of halogens is 3. The van der Waals surface area contributed by atoms with Crippen LogP contribution in [0, 0.1) is 5.92 Å². The molecule has 0 unspecified atom stereocenters. The number of hydrogen-bond donors (Lipinski definition) is 1. The first-order chi connectivity index (χ1) is 15.8. The zero-order valence-electron chi connectivity index (χ0n) is 17.8. The topological polar surface area (TPSA) is 58.0 Å². The monoisotopic (exact) mass is 473 g/mol. The summed E-state index contributed by atoms with van der Waals surface area (Å²) in [5.74, 6) is -0.552. The van der Waals surface area contributed by atoms with Crippen LogP contribution in [-0.4, -0.2) is 34.8 Å². The lowest BCUT2D eigenvalue weighted by molar-refractivity contribution is -0.269. The molecule has 0 radical (unpaired) electrons. The Balaban J connectivity index is 1.48. The van der Waals surface area contributed by atoms with E-state index in [1.165, 1.54) is 0 Å². The van der Waals surface area contributed by atoms with Gasteiger partial charge in [0, 0.05) is 16.7 Å². The Morgan fingerprint density at radius 1 is 1.12 bits per heavy atom. The molecular formula is C24H22F3N3O2S. The maximum atomic E-state index is 14.4. The Morgan fingerprint density at radius 3 is 2.52 bits per heavy atom. The molecule has 5 nitrogen and oxygen atoms in total. The number of methoxy groups -OCH3 is 1. The Kier molecular flexibility index (Phi) is 5.41. The lowest BCUT2D eigenvalue weighted by atomic mass is 9.73. The quantitative estimate of drug-likeness (QED) is 0.518. The van der Waals surface area contributed by atoms with Gasteiger partial charge in [0.1, 0.15) is 5.75 Å². The number of thiazole rings is 1. The lowest BCUT2D eigenvalue weighted by Gasteiger charge is -2.39. The molecule has 1 aliphatic carbocycles. The number of rotatable bonds is 4. The molecule has 9 heteroatoms. The van der Waals surface area contributed by atoms with E-state index >= 15 is 0 Å². The van der Waals surface area contributed by atoms with Gasteiger partial charge in [0.2, 0.25) is 5.13 Å². The normalized spacial score (nSPS) is 25.0. The molecule has 2 aliphatic rings. The second-order valence-electron chi connectivity index (χ2n) is 8.31. The number of hydrogen-bond acceptors (Lipinski definition) is 6. The highest BCUT2D eigenvalue weighted by Crippen LogP contribution is 2.52. The third-order valence-electron chi connectivity index (χ3n) is 6.46. The Morgan fingerprint density at radius 2 is 1.85 bits per heavy atom. The van der Waals surface area contributed by atoms with Crippen molar-refractivity contribution in [1.82, 2.24) is 4.98 Å². The number of ether oxygens (including phenoxy) is 1. The van der Waals surface area contributed by atoms with Crippen LogP contribution in [0.2, 0.25) is 0 Å². The predicted molar refractivity (Wildman–Crippen MR) is 122 cm³/mol. The minimum atomic E-state index is -4.91. The molecule has 0 saturated heterocycles. The van der Waals surface area contributed by atoms with Crippen molar-refractivity contribution >= 4 is 22.2 Å². The summed E-state index contributed by atoms with van der Waals surface area (Å²) in [7, 11) is 1.56. The molecule has 1 N–H and O–H groups in total. The molecule has 5 rings (SSSR count). The van der Waals surface area contributed by atoms with Crippen molar-refractivity contribution in [2.75, 3.05) is 12.1 Å². The maximum Gasteiger partial charge on any atom is 0.439 e. The molecule has 33 heavy (non-hydrogen) atoms. The molecule has 3 aromatic rings. The summed E-state index contributed by atoms with van der Waals surface area (Å²) < 4.78 is 48.3. The molecule has 0 spiro atoms. The van der Waals surface area contributed by atoms with E-state index in [0.29, 0.717) is 35.0 Å². The van der Waals surface area contributed by atoms with Crippen LogP contribution in [0.15, 0.2) is 65.1 Å². The van der Waals surface area contributed by atoms with Crippen molar-refractivity contribution in [3.63, 3.8) is 0 Å². The van der Waals surface area contributed by atoms with Gasteiger partial charge in [0.25, 0.3) is 5.72 Å². The Labute approximate surface area is 193 Å². The van der Waals surface area contributed by atoms with Gasteiger partial charge in [0.15, 0.2) is 0 Å². The first kappa shape index (κ1) is 21.9. The van der Waals surface area contributed by atoms with E-state index in [9.17, 15) is 18.3 Å². The molecule has 1 aliphatic heterocycles. The average molecular weight is 474 g/mol. The molecular weight excluding hydrogens is 451 g/mol. The molecule has 2 heterocycles. The summed E-state index contributed by atoms with van der Waals surface area (Å²) in [5, 5.41) is 17.8. The first-order valence-electron chi connectivity index (χ1n) is 10.6. The van der Waals surface area contributed by atoms with Gasteiger partial charge in [-0.3, -0.25) is 0 Å². The van der Waals surface area contributed by atoms with E-state index in [0.717, 1.165) is 22.5 Å². The number of aliphatic hydroxyl groups is 1. The summed E-state index contributed by atoms with van der Waals surface area (Å²) in [4.78, 5) is 4.40. The average Bonchev–Trinajstić information content (AvgIpc) is 3.43. The summed E-state index contributed by atoms with van der Waals surface area (Å²) in [6.07, 6.45) is -3.65. The third-order valence-corrected chi connectivity index (χ3v) is 7.27. The molecule has 3 atom stereocenters. The number of hydrazone groups is 1. The van der Waals surface area contributed by atoms with Crippen molar-refractivity contribution in [3.8, 4) is 17.0 Å². The van der Waals surface area contributed by atoms with E-state index < -0.39 is 17.8 Å². The van der Waals surface area contributed by atoms with Crippen molar-refractivity contribution in [1.29, 1.82) is 0 Å². The Bertz CT molecular complexity index is 1160. The van der Waals surface area contributed by atoms with Crippen LogP contribution in [0.4, 0.5) is 18.3 Å². The summed E-state index contributed by atoms with van der Waals surface area (Å²) in [5.41, 5.74) is -0.523. The minimum Gasteiger partial charge on any atom is -0.497 e. The largest absolute Gasteiger partial charge is 0.497 e. The molecule has 2 aromatic carbocycles. The molecule has 0 bridgehead atoms. The first-order valence-corrected chi connectivity index (χ1v) is 11.5. The maximum absolute atomic E-state index is 14.4. The van der Waals surface area contributed by atoms with E-state index in [1.54, 1.807) is 36.8 Å². The van der Waals surface area contributed by atoms with Gasteiger partial charge < -0.3 is 9.84 Å². The van der Waals surface area contributed by atoms with Crippen LogP contribution >= 0.6 is 11.3 Å². The molecule has 1 fully saturated rings. The summed E-state index contributed by atoms with van der Waals surface area (Å²) in [6, 6.07) is 16.6. The fourth-order valence-corrected chi connectivity index (χ4v) is 5.53. The smallest absolute Gasteiger partial charge is 0.439 e. The Hall–Kier alpha value is -2.91. The molecule has 1 saturated carbocycles. The predicted octanol–water partition coefficient (Wildman–Crippen LogP) is 5.83. The summed E-state index contributed by atoms with van der Waals surface area (Å²) >= 11 is 1.03. The highest BCUT2D eigenvalue weighted by atomic mass is 32.1. The second-order valence-corrected chi connectivity index (χ2v) is 9.14. The molecule has 172 valence electrons. The number of fused-ring (bicyclic) bond motifs is 1. The van der Waals surface area contributed by atoms with Crippen LogP contribution in [0.3, 0.4) is 0 Å². The highest BCUT2D eigenvalue weighted by molar-refractivity contribution is 7.14. The standard InChI is InChI=1S/C24H22F3N3O2S/c1-32-18-10-7-16(8-11-18)21-14-33-22(28-21)30-23(31,24(25,26)27)19-13-17(9-12-20(19)29-30)15-5-3-2-4-6-15/h2-8,10-11,14,17,19,31H,9,12-13H2,1H3/t17-,19+,23-/m0/s1. The number of anilines is 1. The van der Waals surface area contributed by atoms with E-state index in [4.69, 9.17) is 4.74 Å². The minimum absolute atomic E-state index is 0.0128. The van der Waals surface area contributed by atoms with Crippen LogP contribution in [0.1, 0.15) is 30.7 Å². The molecule has 0 amide bonds. The number of nitrogens with zero attached hydrogens (tertiary/aromatic N) is 3. The number of alkyl halides is 3. The third kappa shape index (κ3) is 3.69. The van der Waals surface area contributed by atoms with Gasteiger partial charge in [-0.1, -0.05) is 30.3 Å². The zero-order valence-corrected chi connectivity index (χ0v) is 18.6. The summed E-state index contributed by atoms with van der Waals surface area (Å²) in [6.45, 7) is 0. The van der Waals surface area contributed by atoms with Gasteiger partial charge in [-0.05, 0) is 55.0 Å². The van der Waals surface area contributed by atoms with Crippen LogP contribution in [-0.2, 0) is 0 Å². The van der Waals surface area contributed by atoms with Crippen LogP contribution < -0.4 is 9.75 Å². The highest BCUT2D eigenvalue weighted by Gasteiger charge is 2.68. The van der Waals surface area contributed by atoms with Gasteiger partial charge in [0.05, 0.1) is 18.7 Å². The van der Waals surface area contributed by atoms with Gasteiger partial charge in [-0.2, -0.15) is 23.3 Å². The number of aromatic nitrogens is 1. The lowest BCUT2D eigenvalue weighted by Crippen LogP contribution is -2.60. The van der Waals surface area contributed by atoms with E-state index in [1.807, 2.05) is 30.3 Å². The van der Waals surface area contributed by atoms with Gasteiger partial charge in [-0.25, -0.2) is 4.98 Å². The van der Waals surface area contributed by atoms with Crippen molar-refractivity contribution in [3.05, 3.63) is 65.5 Å². The van der Waals surface area contributed by atoms with Gasteiger partial charge in [-0.15, -0.1) is 11.3 Å². The molecule has 1 aromatic heterocycles. The fourth-order valence-electron chi connectivity index (χ4n) is 4.69.